The number of carbonyl (C=O) groups excluding carboxylic acids is 1. The summed E-state index contributed by atoms with van der Waals surface area (Å²) in [6, 6.07) is 19.8. The molecule has 0 bridgehead atoms. The highest BCUT2D eigenvalue weighted by Gasteiger charge is 2.11. The highest BCUT2D eigenvalue weighted by molar-refractivity contribution is 9.10. The Morgan fingerprint density at radius 3 is 2.15 bits per heavy atom. The lowest BCUT2D eigenvalue weighted by Crippen LogP contribution is -1.97. The maximum Gasteiger partial charge on any atom is 0.202 e. The van der Waals surface area contributed by atoms with Crippen molar-refractivity contribution in [2.24, 2.45) is 0 Å². The first-order valence-corrected chi connectivity index (χ1v) is 7.85. The zero-order valence-corrected chi connectivity index (χ0v) is 12.9. The van der Waals surface area contributed by atoms with Crippen LogP contribution in [0.4, 0.5) is 0 Å². The van der Waals surface area contributed by atoms with Crippen LogP contribution in [0.3, 0.4) is 0 Å². The number of ketones is 1. The van der Waals surface area contributed by atoms with Gasteiger partial charge < -0.3 is 0 Å². The van der Waals surface area contributed by atoms with Crippen molar-refractivity contribution in [3.63, 3.8) is 0 Å². The number of halogens is 1. The normalized spacial score (nSPS) is 10.4. The van der Waals surface area contributed by atoms with Crippen molar-refractivity contribution in [2.75, 3.05) is 0 Å². The van der Waals surface area contributed by atoms with Crippen LogP contribution in [0, 0.1) is 0 Å². The van der Waals surface area contributed by atoms with Gasteiger partial charge in [0.1, 0.15) is 0 Å². The molecule has 20 heavy (non-hydrogen) atoms. The summed E-state index contributed by atoms with van der Waals surface area (Å²) in [6.45, 7) is 0. The monoisotopic (exact) mass is 342 g/mol. The lowest BCUT2D eigenvalue weighted by atomic mass is 10.0. The van der Waals surface area contributed by atoms with Gasteiger partial charge in [0, 0.05) is 15.4 Å². The SMILES string of the molecule is O=C(c1ccc(-c2ccccc2)cc1)c1cc(Br)cs1. The fraction of sp³-hybridized carbons (Fsp3) is 0. The van der Waals surface area contributed by atoms with Crippen LogP contribution in [0.25, 0.3) is 11.1 Å². The lowest BCUT2D eigenvalue weighted by molar-refractivity contribution is 0.104. The molecule has 0 amide bonds. The van der Waals surface area contributed by atoms with Crippen LogP contribution < -0.4 is 0 Å². The topological polar surface area (TPSA) is 17.1 Å². The van der Waals surface area contributed by atoms with Crippen molar-refractivity contribution in [3.8, 4) is 11.1 Å². The van der Waals surface area contributed by atoms with E-state index in [1.165, 1.54) is 11.3 Å². The van der Waals surface area contributed by atoms with E-state index in [9.17, 15) is 4.79 Å². The number of rotatable bonds is 3. The molecule has 0 spiro atoms. The third-order valence-corrected chi connectivity index (χ3v) is 4.74. The molecule has 1 nitrogen and oxygen atoms in total. The van der Waals surface area contributed by atoms with Crippen LogP contribution in [0.2, 0.25) is 0 Å². The van der Waals surface area contributed by atoms with Gasteiger partial charge in [-0.3, -0.25) is 4.79 Å². The summed E-state index contributed by atoms with van der Waals surface area (Å²) in [5.41, 5.74) is 3.00. The molecule has 0 unspecified atom stereocenters. The van der Waals surface area contributed by atoms with E-state index in [0.29, 0.717) is 0 Å². The summed E-state index contributed by atoms with van der Waals surface area (Å²) >= 11 is 4.83. The second-order valence-corrected chi connectivity index (χ2v) is 6.23. The summed E-state index contributed by atoms with van der Waals surface area (Å²) in [4.78, 5) is 13.1. The summed E-state index contributed by atoms with van der Waals surface area (Å²) in [5, 5.41) is 1.92. The molecule has 1 heterocycles. The van der Waals surface area contributed by atoms with E-state index in [0.717, 1.165) is 26.0 Å². The van der Waals surface area contributed by atoms with Gasteiger partial charge in [-0.1, -0.05) is 54.6 Å². The number of hydrogen-bond donors (Lipinski definition) is 0. The molecule has 0 saturated heterocycles. The third kappa shape index (κ3) is 2.74. The van der Waals surface area contributed by atoms with E-state index in [4.69, 9.17) is 0 Å². The molecule has 0 atom stereocenters. The molecule has 3 aromatic rings. The minimum atomic E-state index is 0.0697. The van der Waals surface area contributed by atoms with Crippen molar-refractivity contribution in [1.29, 1.82) is 0 Å². The number of carbonyl (C=O) groups is 1. The van der Waals surface area contributed by atoms with Crippen LogP contribution in [0.15, 0.2) is 70.5 Å². The molecule has 0 radical (unpaired) electrons. The van der Waals surface area contributed by atoms with Gasteiger partial charge in [-0.25, -0.2) is 0 Å². The fourth-order valence-electron chi connectivity index (χ4n) is 2.02. The first-order chi connectivity index (χ1) is 9.74. The Balaban J connectivity index is 1.88. The standard InChI is InChI=1S/C17H11BrOS/c18-15-10-16(20-11-15)17(19)14-8-6-13(7-9-14)12-4-2-1-3-5-12/h1-11H. The fourth-order valence-corrected chi connectivity index (χ4v) is 3.41. The molecular weight excluding hydrogens is 332 g/mol. The van der Waals surface area contributed by atoms with Crippen molar-refractivity contribution < 1.29 is 4.79 Å². The minimum absolute atomic E-state index is 0.0697. The molecule has 0 aliphatic rings. The van der Waals surface area contributed by atoms with E-state index < -0.39 is 0 Å². The van der Waals surface area contributed by atoms with Gasteiger partial charge >= 0.3 is 0 Å². The molecule has 98 valence electrons. The van der Waals surface area contributed by atoms with Gasteiger partial charge in [-0.05, 0) is 33.1 Å². The molecular formula is C17H11BrOS. The molecule has 2 aromatic carbocycles. The van der Waals surface area contributed by atoms with Gasteiger partial charge in [0.15, 0.2) is 0 Å². The van der Waals surface area contributed by atoms with Crippen LogP contribution in [0.1, 0.15) is 15.2 Å². The van der Waals surface area contributed by atoms with Crippen LogP contribution in [-0.4, -0.2) is 5.78 Å². The Bertz CT molecular complexity index is 729. The average Bonchev–Trinajstić information content (AvgIpc) is 2.94. The van der Waals surface area contributed by atoms with Crippen molar-refractivity contribution in [2.45, 2.75) is 0 Å². The predicted molar refractivity (Wildman–Crippen MR) is 87.3 cm³/mol. The molecule has 0 N–H and O–H groups in total. The maximum absolute atomic E-state index is 12.3. The lowest BCUT2D eigenvalue weighted by Gasteiger charge is -2.03. The van der Waals surface area contributed by atoms with Gasteiger partial charge in [-0.2, -0.15) is 0 Å². The number of thiophene rings is 1. The molecule has 0 aliphatic heterocycles. The van der Waals surface area contributed by atoms with Gasteiger partial charge in [0.05, 0.1) is 4.88 Å². The zero-order valence-electron chi connectivity index (χ0n) is 10.5. The van der Waals surface area contributed by atoms with Crippen LogP contribution >= 0.6 is 27.3 Å². The highest BCUT2D eigenvalue weighted by Crippen LogP contribution is 2.24. The minimum Gasteiger partial charge on any atom is -0.288 e. The highest BCUT2D eigenvalue weighted by atomic mass is 79.9. The Kier molecular flexibility index (Phi) is 3.81. The number of hydrogen-bond acceptors (Lipinski definition) is 2. The second-order valence-electron chi connectivity index (χ2n) is 4.40. The third-order valence-electron chi connectivity index (χ3n) is 3.05. The Hall–Kier alpha value is -1.71. The Morgan fingerprint density at radius 1 is 0.900 bits per heavy atom. The molecule has 0 fully saturated rings. The Labute approximate surface area is 130 Å². The summed E-state index contributed by atoms with van der Waals surface area (Å²) in [5.74, 6) is 0.0697. The smallest absolute Gasteiger partial charge is 0.202 e. The van der Waals surface area contributed by atoms with Crippen LogP contribution in [0.5, 0.6) is 0 Å². The van der Waals surface area contributed by atoms with Gasteiger partial charge in [0.25, 0.3) is 0 Å². The first-order valence-electron chi connectivity index (χ1n) is 6.18. The molecule has 0 aliphatic carbocycles. The van der Waals surface area contributed by atoms with E-state index in [-0.39, 0.29) is 5.78 Å². The molecule has 1 aromatic heterocycles. The molecule has 3 heteroatoms. The van der Waals surface area contributed by atoms with E-state index in [1.54, 1.807) is 0 Å². The summed E-state index contributed by atoms with van der Waals surface area (Å²) in [7, 11) is 0. The summed E-state index contributed by atoms with van der Waals surface area (Å²) < 4.78 is 0.951. The quantitative estimate of drug-likeness (QED) is 0.581. The van der Waals surface area contributed by atoms with E-state index >= 15 is 0 Å². The van der Waals surface area contributed by atoms with Gasteiger partial charge in [0.2, 0.25) is 5.78 Å². The van der Waals surface area contributed by atoms with Crippen molar-refractivity contribution in [1.82, 2.24) is 0 Å². The average molecular weight is 343 g/mol. The Morgan fingerprint density at radius 2 is 1.55 bits per heavy atom. The van der Waals surface area contributed by atoms with Gasteiger partial charge in [-0.15, -0.1) is 11.3 Å². The molecule has 0 saturated carbocycles. The largest absolute Gasteiger partial charge is 0.288 e. The predicted octanol–water partition coefficient (Wildman–Crippen LogP) is 5.41. The zero-order chi connectivity index (χ0) is 13.9. The van der Waals surface area contributed by atoms with Crippen molar-refractivity contribution in [3.05, 3.63) is 81.0 Å². The van der Waals surface area contributed by atoms with Crippen molar-refractivity contribution >= 4 is 33.0 Å². The number of benzene rings is 2. The first kappa shape index (κ1) is 13.3. The maximum atomic E-state index is 12.3. The molecule has 3 rings (SSSR count). The summed E-state index contributed by atoms with van der Waals surface area (Å²) in [6.07, 6.45) is 0. The second kappa shape index (κ2) is 5.73. The van der Waals surface area contributed by atoms with E-state index in [2.05, 4.69) is 28.1 Å². The van der Waals surface area contributed by atoms with E-state index in [1.807, 2.05) is 53.9 Å². The van der Waals surface area contributed by atoms with Crippen LogP contribution in [-0.2, 0) is 0 Å².